The Labute approximate surface area is 114 Å². The summed E-state index contributed by atoms with van der Waals surface area (Å²) in [6, 6.07) is 7.87. The lowest BCUT2D eigenvalue weighted by Crippen LogP contribution is -2.41. The van der Waals surface area contributed by atoms with Gasteiger partial charge in [-0.05, 0) is 36.5 Å². The van der Waals surface area contributed by atoms with Gasteiger partial charge in [0.05, 0.1) is 0 Å². The lowest BCUT2D eigenvalue weighted by molar-refractivity contribution is 0.0910. The Morgan fingerprint density at radius 1 is 1.39 bits per heavy atom. The molecular formula is C15H20ClNO. The molecule has 3 heteroatoms. The molecule has 0 bridgehead atoms. The number of hydrogen-bond acceptors (Lipinski definition) is 1. The molecule has 2 nitrogen and oxygen atoms in total. The summed E-state index contributed by atoms with van der Waals surface area (Å²) in [5.41, 5.74) is 1.70. The molecule has 0 spiro atoms. The fourth-order valence-corrected chi connectivity index (χ4v) is 2.74. The van der Waals surface area contributed by atoms with E-state index in [1.54, 1.807) is 0 Å². The molecule has 0 radical (unpaired) electrons. The first-order chi connectivity index (χ1) is 8.70. The van der Waals surface area contributed by atoms with Gasteiger partial charge in [-0.15, -0.1) is 11.6 Å². The van der Waals surface area contributed by atoms with Crippen LogP contribution in [0.3, 0.4) is 0 Å². The van der Waals surface area contributed by atoms with Crippen molar-refractivity contribution in [2.24, 2.45) is 5.92 Å². The van der Waals surface area contributed by atoms with Gasteiger partial charge >= 0.3 is 0 Å². The molecule has 1 aromatic rings. The Morgan fingerprint density at radius 2 is 2.17 bits per heavy atom. The molecule has 1 aromatic carbocycles. The third-order valence-electron chi connectivity index (χ3n) is 3.77. The standard InChI is InChI=1S/C15H20ClNO/c1-11-5-2-3-8-14(11)17-15(18)13-7-4-6-12(9-13)10-16/h4,6-7,9,11,14H,2-3,5,8,10H2,1H3,(H,17,18). The number of carbonyl (C=O) groups excluding carboxylic acids is 1. The Balaban J connectivity index is 2.02. The fourth-order valence-electron chi connectivity index (χ4n) is 2.58. The summed E-state index contributed by atoms with van der Waals surface area (Å²) in [4.78, 5) is 12.2. The summed E-state index contributed by atoms with van der Waals surface area (Å²) in [6.07, 6.45) is 4.82. The number of rotatable bonds is 3. The van der Waals surface area contributed by atoms with Crippen LogP contribution >= 0.6 is 11.6 Å². The molecule has 1 saturated carbocycles. The SMILES string of the molecule is CC1CCCCC1NC(=O)c1cccc(CCl)c1. The van der Waals surface area contributed by atoms with Crippen molar-refractivity contribution >= 4 is 17.5 Å². The van der Waals surface area contributed by atoms with Gasteiger partial charge in [0.1, 0.15) is 0 Å². The van der Waals surface area contributed by atoms with E-state index in [0.717, 1.165) is 12.0 Å². The van der Waals surface area contributed by atoms with Crippen molar-refractivity contribution in [3.8, 4) is 0 Å². The van der Waals surface area contributed by atoms with E-state index in [4.69, 9.17) is 11.6 Å². The van der Waals surface area contributed by atoms with Crippen molar-refractivity contribution in [1.82, 2.24) is 5.32 Å². The van der Waals surface area contributed by atoms with E-state index >= 15 is 0 Å². The fraction of sp³-hybridized carbons (Fsp3) is 0.533. The molecule has 2 unspecified atom stereocenters. The highest BCUT2D eigenvalue weighted by atomic mass is 35.5. The number of alkyl halides is 1. The first-order valence-electron chi connectivity index (χ1n) is 6.66. The van der Waals surface area contributed by atoms with Crippen molar-refractivity contribution < 1.29 is 4.79 Å². The second kappa shape index (κ2) is 6.24. The van der Waals surface area contributed by atoms with Gasteiger partial charge in [0.15, 0.2) is 0 Å². The molecule has 1 amide bonds. The monoisotopic (exact) mass is 265 g/mol. The van der Waals surface area contributed by atoms with E-state index in [-0.39, 0.29) is 5.91 Å². The van der Waals surface area contributed by atoms with Crippen LogP contribution in [0.1, 0.15) is 48.5 Å². The quantitative estimate of drug-likeness (QED) is 0.829. The number of halogens is 1. The van der Waals surface area contributed by atoms with E-state index < -0.39 is 0 Å². The molecule has 98 valence electrons. The molecule has 2 rings (SSSR count). The van der Waals surface area contributed by atoms with E-state index in [0.29, 0.717) is 23.4 Å². The molecule has 0 heterocycles. The third kappa shape index (κ3) is 3.26. The van der Waals surface area contributed by atoms with Gasteiger partial charge in [-0.25, -0.2) is 0 Å². The second-order valence-electron chi connectivity index (χ2n) is 5.18. The van der Waals surface area contributed by atoms with Crippen LogP contribution in [0.2, 0.25) is 0 Å². The van der Waals surface area contributed by atoms with Crippen LogP contribution in [-0.4, -0.2) is 11.9 Å². The smallest absolute Gasteiger partial charge is 0.251 e. The molecular weight excluding hydrogens is 246 g/mol. The largest absolute Gasteiger partial charge is 0.349 e. The van der Waals surface area contributed by atoms with Crippen molar-refractivity contribution in [3.63, 3.8) is 0 Å². The summed E-state index contributed by atoms with van der Waals surface area (Å²) in [6.45, 7) is 2.22. The molecule has 1 aliphatic rings. The average Bonchev–Trinajstić information content (AvgIpc) is 2.41. The second-order valence-corrected chi connectivity index (χ2v) is 5.44. The number of nitrogens with one attached hydrogen (secondary N) is 1. The minimum absolute atomic E-state index is 0.0284. The topological polar surface area (TPSA) is 29.1 Å². The maximum Gasteiger partial charge on any atom is 0.251 e. The highest BCUT2D eigenvalue weighted by Crippen LogP contribution is 2.24. The zero-order valence-corrected chi connectivity index (χ0v) is 11.5. The van der Waals surface area contributed by atoms with Crippen LogP contribution in [0.15, 0.2) is 24.3 Å². The minimum atomic E-state index is 0.0284. The van der Waals surface area contributed by atoms with Crippen LogP contribution in [0.25, 0.3) is 0 Å². The van der Waals surface area contributed by atoms with Crippen LogP contribution < -0.4 is 5.32 Å². The van der Waals surface area contributed by atoms with Crippen LogP contribution in [0.5, 0.6) is 0 Å². The van der Waals surface area contributed by atoms with Gasteiger partial charge in [-0.2, -0.15) is 0 Å². The minimum Gasteiger partial charge on any atom is -0.349 e. The van der Waals surface area contributed by atoms with Crippen LogP contribution in [0, 0.1) is 5.92 Å². The molecule has 0 aliphatic heterocycles. The first-order valence-corrected chi connectivity index (χ1v) is 7.20. The molecule has 18 heavy (non-hydrogen) atoms. The van der Waals surface area contributed by atoms with Gasteiger partial charge in [0.2, 0.25) is 0 Å². The maximum absolute atomic E-state index is 12.2. The molecule has 1 fully saturated rings. The zero-order valence-electron chi connectivity index (χ0n) is 10.8. The highest BCUT2D eigenvalue weighted by Gasteiger charge is 2.23. The Hall–Kier alpha value is -1.02. The van der Waals surface area contributed by atoms with Crippen LogP contribution in [0.4, 0.5) is 0 Å². The van der Waals surface area contributed by atoms with Crippen LogP contribution in [-0.2, 0) is 5.88 Å². The third-order valence-corrected chi connectivity index (χ3v) is 4.08. The highest BCUT2D eigenvalue weighted by molar-refractivity contribution is 6.17. The van der Waals surface area contributed by atoms with Crippen molar-refractivity contribution in [3.05, 3.63) is 35.4 Å². The first kappa shape index (κ1) is 13.4. The molecule has 1 N–H and O–H groups in total. The Morgan fingerprint density at radius 3 is 2.89 bits per heavy atom. The molecule has 2 atom stereocenters. The lowest BCUT2D eigenvalue weighted by atomic mass is 9.86. The number of benzene rings is 1. The zero-order chi connectivity index (χ0) is 13.0. The van der Waals surface area contributed by atoms with Crippen molar-refractivity contribution in [2.45, 2.75) is 44.5 Å². The van der Waals surface area contributed by atoms with Gasteiger partial charge < -0.3 is 5.32 Å². The van der Waals surface area contributed by atoms with E-state index in [9.17, 15) is 4.79 Å². The summed E-state index contributed by atoms with van der Waals surface area (Å²) in [5.74, 6) is 1.06. The molecule has 0 saturated heterocycles. The molecule has 1 aliphatic carbocycles. The van der Waals surface area contributed by atoms with Crippen molar-refractivity contribution in [2.75, 3.05) is 0 Å². The van der Waals surface area contributed by atoms with Gasteiger partial charge in [0.25, 0.3) is 5.91 Å². The van der Waals surface area contributed by atoms with E-state index in [1.165, 1.54) is 19.3 Å². The van der Waals surface area contributed by atoms with Gasteiger partial charge in [-0.1, -0.05) is 31.9 Å². The number of carbonyl (C=O) groups is 1. The summed E-state index contributed by atoms with van der Waals surface area (Å²) < 4.78 is 0. The molecule has 0 aromatic heterocycles. The number of amides is 1. The maximum atomic E-state index is 12.2. The summed E-state index contributed by atoms with van der Waals surface area (Å²) in [7, 11) is 0. The van der Waals surface area contributed by atoms with Gasteiger partial charge in [-0.3, -0.25) is 4.79 Å². The van der Waals surface area contributed by atoms with E-state index in [2.05, 4.69) is 12.2 Å². The van der Waals surface area contributed by atoms with E-state index in [1.807, 2.05) is 24.3 Å². The average molecular weight is 266 g/mol. The summed E-state index contributed by atoms with van der Waals surface area (Å²) in [5, 5.41) is 3.15. The van der Waals surface area contributed by atoms with Gasteiger partial charge in [0, 0.05) is 17.5 Å². The summed E-state index contributed by atoms with van der Waals surface area (Å²) >= 11 is 5.79. The predicted octanol–water partition coefficient (Wildman–Crippen LogP) is 3.73. The normalized spacial score (nSPS) is 23.7. The lowest BCUT2D eigenvalue weighted by Gasteiger charge is -2.29. The Bertz CT molecular complexity index is 419. The Kier molecular flexibility index (Phi) is 4.65. The number of hydrogen-bond donors (Lipinski definition) is 1. The predicted molar refractivity (Wildman–Crippen MR) is 74.9 cm³/mol. The van der Waals surface area contributed by atoms with Crippen molar-refractivity contribution in [1.29, 1.82) is 0 Å².